The third kappa shape index (κ3) is 3.53. The van der Waals surface area contributed by atoms with Crippen molar-refractivity contribution in [3.05, 3.63) is 35.4 Å². The Hall–Kier alpha value is -1.04. The summed E-state index contributed by atoms with van der Waals surface area (Å²) in [6.07, 6.45) is -2.11. The predicted molar refractivity (Wildman–Crippen MR) is 74.8 cm³/mol. The number of halogens is 2. The maximum atomic E-state index is 12.6. The Morgan fingerprint density at radius 3 is 2.10 bits per heavy atom. The van der Waals surface area contributed by atoms with E-state index in [1.807, 2.05) is 13.8 Å². The lowest BCUT2D eigenvalue weighted by Gasteiger charge is -2.40. The second-order valence-corrected chi connectivity index (χ2v) is 5.43. The first-order chi connectivity index (χ1) is 9.51. The van der Waals surface area contributed by atoms with E-state index in [1.54, 1.807) is 12.1 Å². The van der Waals surface area contributed by atoms with Crippen molar-refractivity contribution in [1.29, 1.82) is 0 Å². The summed E-state index contributed by atoms with van der Waals surface area (Å²) in [6, 6.07) is 6.52. The van der Waals surface area contributed by atoms with Crippen LogP contribution in [0.2, 0.25) is 0 Å². The van der Waals surface area contributed by atoms with E-state index in [2.05, 4.69) is 4.90 Å². The molecule has 0 amide bonds. The van der Waals surface area contributed by atoms with Crippen LogP contribution in [0.1, 0.15) is 37.4 Å². The first kappa shape index (κ1) is 15.4. The van der Waals surface area contributed by atoms with Gasteiger partial charge in [0.2, 0.25) is 0 Å². The molecule has 2 N–H and O–H groups in total. The van der Waals surface area contributed by atoms with Crippen LogP contribution in [0, 0.1) is 0 Å². The summed E-state index contributed by atoms with van der Waals surface area (Å²) in [6.45, 7) is 6.16. The fourth-order valence-corrected chi connectivity index (χ4v) is 2.83. The Balaban J connectivity index is 2.14. The average Bonchev–Trinajstić information content (AvgIpc) is 2.39. The normalized spacial score (nSPS) is 25.9. The molecule has 1 heterocycles. The highest BCUT2D eigenvalue weighted by Gasteiger charge is 2.28. The van der Waals surface area contributed by atoms with Crippen LogP contribution >= 0.6 is 0 Å². The number of morpholine rings is 1. The lowest BCUT2D eigenvalue weighted by atomic mass is 10.0. The van der Waals surface area contributed by atoms with Crippen LogP contribution in [0.15, 0.2) is 24.3 Å². The molecule has 112 valence electrons. The largest absolute Gasteiger partial charge is 0.373 e. The van der Waals surface area contributed by atoms with Gasteiger partial charge in [-0.15, -0.1) is 0 Å². The van der Waals surface area contributed by atoms with Crippen LogP contribution in [0.25, 0.3) is 0 Å². The minimum absolute atomic E-state index is 0.0493. The number of alkyl halides is 2. The second-order valence-electron chi connectivity index (χ2n) is 5.43. The zero-order valence-corrected chi connectivity index (χ0v) is 11.9. The summed E-state index contributed by atoms with van der Waals surface area (Å²) in [5.74, 6) is 0. The van der Waals surface area contributed by atoms with E-state index in [-0.39, 0.29) is 23.8 Å². The molecule has 1 aliphatic heterocycles. The third-order valence-corrected chi connectivity index (χ3v) is 3.69. The molecule has 0 bridgehead atoms. The molecule has 0 radical (unpaired) electrons. The monoisotopic (exact) mass is 284 g/mol. The Morgan fingerprint density at radius 1 is 1.15 bits per heavy atom. The minimum atomic E-state index is -2.43. The van der Waals surface area contributed by atoms with Crippen molar-refractivity contribution >= 4 is 0 Å². The molecule has 5 heteroatoms. The molecule has 0 aliphatic carbocycles. The number of hydrogen-bond acceptors (Lipinski definition) is 3. The van der Waals surface area contributed by atoms with Crippen molar-refractivity contribution in [3.8, 4) is 0 Å². The zero-order valence-electron chi connectivity index (χ0n) is 11.9. The molecular formula is C15H22F2N2O. The summed E-state index contributed by atoms with van der Waals surface area (Å²) in [5, 5.41) is 0. The van der Waals surface area contributed by atoms with E-state index in [0.29, 0.717) is 6.54 Å². The van der Waals surface area contributed by atoms with Gasteiger partial charge in [-0.2, -0.15) is 0 Å². The second kappa shape index (κ2) is 6.61. The van der Waals surface area contributed by atoms with E-state index in [4.69, 9.17) is 10.5 Å². The Morgan fingerprint density at radius 2 is 1.65 bits per heavy atom. The molecule has 1 aromatic rings. The molecule has 0 saturated carbocycles. The van der Waals surface area contributed by atoms with Crippen molar-refractivity contribution in [2.45, 2.75) is 38.5 Å². The van der Waals surface area contributed by atoms with Gasteiger partial charge in [0.05, 0.1) is 12.2 Å². The van der Waals surface area contributed by atoms with Gasteiger partial charge in [-0.05, 0) is 19.4 Å². The van der Waals surface area contributed by atoms with Crippen LogP contribution < -0.4 is 5.73 Å². The van der Waals surface area contributed by atoms with E-state index < -0.39 is 6.43 Å². The number of rotatable bonds is 4. The van der Waals surface area contributed by atoms with E-state index >= 15 is 0 Å². The highest BCUT2D eigenvalue weighted by atomic mass is 19.3. The van der Waals surface area contributed by atoms with Gasteiger partial charge < -0.3 is 10.5 Å². The van der Waals surface area contributed by atoms with Crippen LogP contribution in [0.5, 0.6) is 0 Å². The van der Waals surface area contributed by atoms with Crippen LogP contribution in [0.3, 0.4) is 0 Å². The average molecular weight is 284 g/mol. The summed E-state index contributed by atoms with van der Waals surface area (Å²) < 4.78 is 30.9. The summed E-state index contributed by atoms with van der Waals surface area (Å²) in [4.78, 5) is 2.27. The zero-order chi connectivity index (χ0) is 14.7. The van der Waals surface area contributed by atoms with Crippen molar-refractivity contribution in [2.75, 3.05) is 19.6 Å². The fourth-order valence-electron chi connectivity index (χ4n) is 2.83. The smallest absolute Gasteiger partial charge is 0.263 e. The Bertz CT molecular complexity index is 414. The summed E-state index contributed by atoms with van der Waals surface area (Å²) in [7, 11) is 0. The number of benzene rings is 1. The minimum Gasteiger partial charge on any atom is -0.373 e. The topological polar surface area (TPSA) is 38.5 Å². The molecule has 2 rings (SSSR count). The van der Waals surface area contributed by atoms with Gasteiger partial charge in [-0.1, -0.05) is 24.3 Å². The van der Waals surface area contributed by atoms with Crippen LogP contribution in [-0.4, -0.2) is 36.7 Å². The standard InChI is InChI=1S/C15H22F2N2O/c1-10-8-19(9-11(2)20-10)14(7-18)12-3-5-13(6-4-12)15(16)17/h3-6,10-11,14-15H,7-9,18H2,1-2H3. The van der Waals surface area contributed by atoms with Gasteiger partial charge in [0, 0.05) is 31.2 Å². The molecule has 1 aliphatic rings. The molecule has 0 spiro atoms. The Kier molecular flexibility index (Phi) is 5.07. The first-order valence-electron chi connectivity index (χ1n) is 6.98. The fraction of sp³-hybridized carbons (Fsp3) is 0.600. The quantitative estimate of drug-likeness (QED) is 0.924. The first-order valence-corrected chi connectivity index (χ1v) is 6.98. The maximum Gasteiger partial charge on any atom is 0.263 e. The highest BCUT2D eigenvalue weighted by Crippen LogP contribution is 2.26. The van der Waals surface area contributed by atoms with Crippen molar-refractivity contribution in [1.82, 2.24) is 4.90 Å². The van der Waals surface area contributed by atoms with Crippen LogP contribution in [-0.2, 0) is 4.74 Å². The number of nitrogens with two attached hydrogens (primary N) is 1. The van der Waals surface area contributed by atoms with E-state index in [9.17, 15) is 8.78 Å². The Labute approximate surface area is 118 Å². The van der Waals surface area contributed by atoms with Crippen molar-refractivity contribution in [3.63, 3.8) is 0 Å². The van der Waals surface area contributed by atoms with Crippen LogP contribution in [0.4, 0.5) is 8.78 Å². The van der Waals surface area contributed by atoms with Gasteiger partial charge in [0.25, 0.3) is 6.43 Å². The molecule has 1 fully saturated rings. The van der Waals surface area contributed by atoms with Gasteiger partial charge in [-0.25, -0.2) is 8.78 Å². The molecule has 3 unspecified atom stereocenters. The maximum absolute atomic E-state index is 12.6. The molecule has 0 aromatic heterocycles. The molecule has 1 aromatic carbocycles. The lowest BCUT2D eigenvalue weighted by Crippen LogP contribution is -2.48. The van der Waals surface area contributed by atoms with Gasteiger partial charge in [-0.3, -0.25) is 4.90 Å². The highest BCUT2D eigenvalue weighted by molar-refractivity contribution is 5.26. The molecule has 3 nitrogen and oxygen atoms in total. The number of hydrogen-bond donors (Lipinski definition) is 1. The molecule has 3 atom stereocenters. The molecular weight excluding hydrogens is 262 g/mol. The lowest BCUT2D eigenvalue weighted by molar-refractivity contribution is -0.0799. The number of ether oxygens (including phenoxy) is 1. The van der Waals surface area contributed by atoms with E-state index in [1.165, 1.54) is 12.1 Å². The number of nitrogens with zero attached hydrogens (tertiary/aromatic N) is 1. The van der Waals surface area contributed by atoms with E-state index in [0.717, 1.165) is 18.7 Å². The SMILES string of the molecule is CC1CN(C(CN)c2ccc(C(F)F)cc2)CC(C)O1. The molecule has 1 saturated heterocycles. The van der Waals surface area contributed by atoms with Crippen molar-refractivity contribution in [2.24, 2.45) is 5.73 Å². The van der Waals surface area contributed by atoms with Gasteiger partial charge >= 0.3 is 0 Å². The van der Waals surface area contributed by atoms with Gasteiger partial charge in [0.1, 0.15) is 0 Å². The molecule has 20 heavy (non-hydrogen) atoms. The van der Waals surface area contributed by atoms with Gasteiger partial charge in [0.15, 0.2) is 0 Å². The summed E-state index contributed by atoms with van der Waals surface area (Å²) >= 11 is 0. The third-order valence-electron chi connectivity index (χ3n) is 3.69. The predicted octanol–water partition coefficient (Wildman–Crippen LogP) is 2.73. The van der Waals surface area contributed by atoms with Crippen molar-refractivity contribution < 1.29 is 13.5 Å². The summed E-state index contributed by atoms with van der Waals surface area (Å²) in [5.41, 5.74) is 6.93.